The van der Waals surface area contributed by atoms with Gasteiger partial charge < -0.3 is 4.90 Å². The molecule has 2 rings (SSSR count). The van der Waals surface area contributed by atoms with Crippen molar-refractivity contribution in [1.29, 1.82) is 0 Å². The van der Waals surface area contributed by atoms with E-state index in [0.717, 1.165) is 17.2 Å². The summed E-state index contributed by atoms with van der Waals surface area (Å²) in [6.07, 6.45) is 1.42. The Balaban J connectivity index is 2.10. The minimum Gasteiger partial charge on any atom is -0.342 e. The van der Waals surface area contributed by atoms with E-state index in [2.05, 4.69) is 4.98 Å². The first-order valence-electron chi connectivity index (χ1n) is 5.18. The lowest BCUT2D eigenvalue weighted by molar-refractivity contribution is -0.0116. The van der Waals surface area contributed by atoms with Crippen molar-refractivity contribution in [2.45, 2.75) is 32.1 Å². The largest absolute Gasteiger partial charge is 0.342 e. The molecule has 1 fully saturated rings. The molecule has 0 N–H and O–H groups in total. The van der Waals surface area contributed by atoms with Crippen LogP contribution in [0.3, 0.4) is 0 Å². The van der Waals surface area contributed by atoms with Crippen LogP contribution in [0.1, 0.15) is 25.5 Å². The average molecular weight is 232 g/mol. The van der Waals surface area contributed by atoms with Crippen molar-refractivity contribution in [3.05, 3.63) is 11.1 Å². The Kier molecular flexibility index (Phi) is 2.91. The van der Waals surface area contributed by atoms with E-state index in [9.17, 15) is 8.78 Å². The van der Waals surface area contributed by atoms with Crippen molar-refractivity contribution < 1.29 is 8.78 Å². The molecule has 5 heteroatoms. The number of aromatic nitrogens is 1. The molecule has 0 bridgehead atoms. The van der Waals surface area contributed by atoms with Gasteiger partial charge in [-0.2, -0.15) is 0 Å². The first-order valence-corrected chi connectivity index (χ1v) is 6.06. The number of thiazole rings is 1. The van der Waals surface area contributed by atoms with Crippen LogP contribution in [-0.4, -0.2) is 24.0 Å². The lowest BCUT2D eigenvalue weighted by Gasteiger charge is -2.32. The highest BCUT2D eigenvalue weighted by Gasteiger charge is 2.35. The summed E-state index contributed by atoms with van der Waals surface area (Å²) in [5.74, 6) is -2.55. The highest BCUT2D eigenvalue weighted by Crippen LogP contribution is 2.31. The first kappa shape index (κ1) is 10.8. The number of halogens is 2. The summed E-state index contributed by atoms with van der Waals surface area (Å²) in [5.41, 5.74) is 0.990. The highest BCUT2D eigenvalue weighted by atomic mass is 32.1. The lowest BCUT2D eigenvalue weighted by atomic mass is 10.1. The predicted octanol–water partition coefficient (Wildman–Crippen LogP) is 2.94. The van der Waals surface area contributed by atoms with E-state index in [0.29, 0.717) is 13.0 Å². The SMILES string of the molecule is CCc1csc(N2CCCC(F)(F)C2)n1. The number of hydrogen-bond donors (Lipinski definition) is 0. The number of nitrogens with zero attached hydrogens (tertiary/aromatic N) is 2. The number of alkyl halides is 2. The van der Waals surface area contributed by atoms with E-state index in [4.69, 9.17) is 0 Å². The third kappa shape index (κ3) is 2.45. The van der Waals surface area contributed by atoms with Gasteiger partial charge in [-0.05, 0) is 12.8 Å². The van der Waals surface area contributed by atoms with Crippen LogP contribution in [-0.2, 0) is 6.42 Å². The Bertz CT molecular complexity index is 338. The Morgan fingerprint density at radius 3 is 3.00 bits per heavy atom. The van der Waals surface area contributed by atoms with Crippen molar-refractivity contribution >= 4 is 16.5 Å². The number of hydrogen-bond acceptors (Lipinski definition) is 3. The molecule has 1 saturated heterocycles. The summed E-state index contributed by atoms with van der Waals surface area (Å²) >= 11 is 1.46. The van der Waals surface area contributed by atoms with Crippen molar-refractivity contribution in [1.82, 2.24) is 4.98 Å². The summed E-state index contributed by atoms with van der Waals surface area (Å²) in [5, 5.41) is 2.69. The van der Waals surface area contributed by atoms with Gasteiger partial charge in [0.15, 0.2) is 5.13 Å². The standard InChI is InChI=1S/C10H14F2N2S/c1-2-8-6-15-9(13-8)14-5-3-4-10(11,12)7-14/h6H,2-5,7H2,1H3. The maximum absolute atomic E-state index is 13.2. The van der Waals surface area contributed by atoms with Gasteiger partial charge in [0.05, 0.1) is 12.2 Å². The zero-order valence-electron chi connectivity index (χ0n) is 8.67. The molecule has 1 aliphatic rings. The fraction of sp³-hybridized carbons (Fsp3) is 0.700. The molecule has 0 aromatic carbocycles. The van der Waals surface area contributed by atoms with Crippen LogP contribution in [0.25, 0.3) is 0 Å². The number of rotatable bonds is 2. The summed E-state index contributed by atoms with van der Waals surface area (Å²) in [4.78, 5) is 6.03. The highest BCUT2D eigenvalue weighted by molar-refractivity contribution is 7.13. The van der Waals surface area contributed by atoms with Gasteiger partial charge in [-0.3, -0.25) is 0 Å². The minimum absolute atomic E-state index is 0.00943. The third-order valence-electron chi connectivity index (χ3n) is 2.57. The second-order valence-electron chi connectivity index (χ2n) is 3.86. The Morgan fingerprint density at radius 1 is 1.60 bits per heavy atom. The van der Waals surface area contributed by atoms with E-state index >= 15 is 0 Å². The molecule has 84 valence electrons. The van der Waals surface area contributed by atoms with Crippen molar-refractivity contribution in [2.75, 3.05) is 18.0 Å². The fourth-order valence-electron chi connectivity index (χ4n) is 1.73. The van der Waals surface area contributed by atoms with Crippen LogP contribution in [0.2, 0.25) is 0 Å². The molecule has 15 heavy (non-hydrogen) atoms. The number of aryl methyl sites for hydroxylation is 1. The second kappa shape index (κ2) is 4.04. The zero-order chi connectivity index (χ0) is 10.9. The summed E-state index contributed by atoms with van der Waals surface area (Å²) in [7, 11) is 0. The average Bonchev–Trinajstić information content (AvgIpc) is 2.64. The lowest BCUT2D eigenvalue weighted by Crippen LogP contribution is -2.42. The molecule has 2 nitrogen and oxygen atoms in total. The zero-order valence-corrected chi connectivity index (χ0v) is 9.49. The monoisotopic (exact) mass is 232 g/mol. The Morgan fingerprint density at radius 2 is 2.40 bits per heavy atom. The number of piperidine rings is 1. The minimum atomic E-state index is -2.55. The summed E-state index contributed by atoms with van der Waals surface area (Å²) in [6, 6.07) is 0. The molecule has 0 amide bonds. The third-order valence-corrected chi connectivity index (χ3v) is 3.52. The molecule has 1 aliphatic heterocycles. The van der Waals surface area contributed by atoms with E-state index in [1.807, 2.05) is 12.3 Å². The maximum atomic E-state index is 13.2. The molecule has 0 spiro atoms. The summed E-state index contributed by atoms with van der Waals surface area (Å²) < 4.78 is 26.3. The molecule has 0 aliphatic carbocycles. The second-order valence-corrected chi connectivity index (χ2v) is 4.69. The predicted molar refractivity (Wildman–Crippen MR) is 57.9 cm³/mol. The van der Waals surface area contributed by atoms with Gasteiger partial charge in [0.2, 0.25) is 0 Å². The van der Waals surface area contributed by atoms with Gasteiger partial charge in [0.25, 0.3) is 5.92 Å². The van der Waals surface area contributed by atoms with Crippen LogP contribution in [0, 0.1) is 0 Å². The normalized spacial score (nSPS) is 20.6. The number of anilines is 1. The smallest absolute Gasteiger partial charge is 0.265 e. The van der Waals surface area contributed by atoms with Crippen LogP contribution in [0.4, 0.5) is 13.9 Å². The van der Waals surface area contributed by atoms with E-state index in [1.54, 1.807) is 4.90 Å². The quantitative estimate of drug-likeness (QED) is 0.779. The summed E-state index contributed by atoms with van der Waals surface area (Å²) in [6.45, 7) is 2.54. The molecule has 1 aromatic rings. The topological polar surface area (TPSA) is 16.1 Å². The van der Waals surface area contributed by atoms with Gasteiger partial charge in [-0.1, -0.05) is 6.92 Å². The van der Waals surface area contributed by atoms with Crippen LogP contribution < -0.4 is 4.90 Å². The molecule has 2 heterocycles. The van der Waals surface area contributed by atoms with Gasteiger partial charge in [0, 0.05) is 18.3 Å². The van der Waals surface area contributed by atoms with Crippen LogP contribution in [0.15, 0.2) is 5.38 Å². The van der Waals surface area contributed by atoms with Gasteiger partial charge in [0.1, 0.15) is 0 Å². The van der Waals surface area contributed by atoms with Crippen LogP contribution in [0.5, 0.6) is 0 Å². The van der Waals surface area contributed by atoms with Gasteiger partial charge >= 0.3 is 0 Å². The van der Waals surface area contributed by atoms with E-state index in [-0.39, 0.29) is 13.0 Å². The molecular formula is C10H14F2N2S. The Hall–Kier alpha value is -0.710. The van der Waals surface area contributed by atoms with Crippen LogP contribution >= 0.6 is 11.3 Å². The van der Waals surface area contributed by atoms with Gasteiger partial charge in [-0.15, -0.1) is 11.3 Å². The van der Waals surface area contributed by atoms with Gasteiger partial charge in [-0.25, -0.2) is 13.8 Å². The van der Waals surface area contributed by atoms with E-state index < -0.39 is 5.92 Å². The molecule has 0 atom stereocenters. The van der Waals surface area contributed by atoms with Crippen molar-refractivity contribution in [3.63, 3.8) is 0 Å². The first-order chi connectivity index (χ1) is 7.11. The molecule has 0 saturated carbocycles. The van der Waals surface area contributed by atoms with E-state index in [1.165, 1.54) is 11.3 Å². The fourth-order valence-corrected chi connectivity index (χ4v) is 2.67. The molecule has 1 aromatic heterocycles. The molecule has 0 radical (unpaired) electrons. The molecule has 0 unspecified atom stereocenters. The maximum Gasteiger partial charge on any atom is 0.265 e. The van der Waals surface area contributed by atoms with Crippen molar-refractivity contribution in [3.8, 4) is 0 Å². The molecular weight excluding hydrogens is 218 g/mol. The Labute approximate surface area is 91.9 Å². The van der Waals surface area contributed by atoms with Crippen molar-refractivity contribution in [2.24, 2.45) is 0 Å².